The first kappa shape index (κ1) is 15.7. The van der Waals surface area contributed by atoms with E-state index in [0.29, 0.717) is 12.6 Å². The topological polar surface area (TPSA) is 40.6 Å². The zero-order chi connectivity index (χ0) is 16.5. The average Bonchev–Trinajstić information content (AvgIpc) is 3.15. The van der Waals surface area contributed by atoms with Crippen LogP contribution in [0.3, 0.4) is 0 Å². The van der Waals surface area contributed by atoms with E-state index < -0.39 is 0 Å². The molecular weight excluding hydrogens is 300 g/mol. The van der Waals surface area contributed by atoms with Gasteiger partial charge in [0.25, 0.3) is 0 Å². The second kappa shape index (κ2) is 6.58. The Labute approximate surface area is 143 Å². The van der Waals surface area contributed by atoms with Gasteiger partial charge in [0.15, 0.2) is 0 Å². The molecule has 1 aliphatic heterocycles. The zero-order valence-corrected chi connectivity index (χ0v) is 14.2. The number of rotatable bonds is 2. The van der Waals surface area contributed by atoms with Crippen LogP contribution in [-0.4, -0.2) is 47.3 Å². The zero-order valence-electron chi connectivity index (χ0n) is 14.2. The van der Waals surface area contributed by atoms with Crippen LogP contribution in [0, 0.1) is 5.92 Å². The van der Waals surface area contributed by atoms with Crippen molar-refractivity contribution < 1.29 is 9.59 Å². The third-order valence-electron chi connectivity index (χ3n) is 6.03. The molecule has 4 nitrogen and oxygen atoms in total. The molecule has 0 aromatic heterocycles. The highest BCUT2D eigenvalue weighted by molar-refractivity contribution is 5.87. The van der Waals surface area contributed by atoms with E-state index in [1.807, 2.05) is 9.80 Å². The summed E-state index contributed by atoms with van der Waals surface area (Å²) in [5.74, 6) is 0.382. The molecular formula is C20H26N2O2. The van der Waals surface area contributed by atoms with E-state index in [-0.39, 0.29) is 24.3 Å². The van der Waals surface area contributed by atoms with E-state index in [1.165, 1.54) is 24.0 Å². The lowest BCUT2D eigenvalue weighted by Gasteiger charge is -2.39. The molecule has 1 heterocycles. The molecule has 0 N–H and O–H groups in total. The molecule has 1 saturated carbocycles. The molecule has 0 spiro atoms. The minimum atomic E-state index is 0.0470. The van der Waals surface area contributed by atoms with Gasteiger partial charge in [0, 0.05) is 25.0 Å². The number of carbonyl (C=O) groups excluding carboxylic acids is 2. The summed E-state index contributed by atoms with van der Waals surface area (Å²) in [5, 5.41) is 0. The first-order chi connectivity index (χ1) is 11.7. The molecule has 1 aromatic carbocycles. The van der Waals surface area contributed by atoms with Crippen LogP contribution in [0.1, 0.15) is 43.2 Å². The number of hydrogen-bond acceptors (Lipinski definition) is 2. The number of benzene rings is 1. The van der Waals surface area contributed by atoms with Crippen molar-refractivity contribution in [1.82, 2.24) is 9.80 Å². The van der Waals surface area contributed by atoms with Crippen LogP contribution in [0.25, 0.3) is 0 Å². The number of amides is 2. The first-order valence-corrected chi connectivity index (χ1v) is 9.37. The quantitative estimate of drug-likeness (QED) is 0.837. The number of piperazine rings is 1. The molecule has 2 amide bonds. The van der Waals surface area contributed by atoms with Crippen LogP contribution in [0.2, 0.25) is 0 Å². The summed E-state index contributed by atoms with van der Waals surface area (Å²) in [6.45, 7) is 1.71. The molecule has 1 aromatic rings. The van der Waals surface area contributed by atoms with E-state index in [9.17, 15) is 9.59 Å². The summed E-state index contributed by atoms with van der Waals surface area (Å²) in [6.07, 6.45) is 7.46. The highest BCUT2D eigenvalue weighted by Crippen LogP contribution is 2.28. The van der Waals surface area contributed by atoms with Crippen molar-refractivity contribution in [2.75, 3.05) is 19.6 Å². The molecule has 0 bridgehead atoms. The Kier molecular flexibility index (Phi) is 4.30. The highest BCUT2D eigenvalue weighted by Gasteiger charge is 2.35. The maximum Gasteiger partial charge on any atom is 0.242 e. The highest BCUT2D eigenvalue weighted by atomic mass is 16.2. The maximum absolute atomic E-state index is 12.9. The Balaban J connectivity index is 1.38. The van der Waals surface area contributed by atoms with E-state index in [4.69, 9.17) is 0 Å². The average molecular weight is 326 g/mol. The van der Waals surface area contributed by atoms with Crippen molar-refractivity contribution in [2.45, 2.75) is 51.0 Å². The van der Waals surface area contributed by atoms with E-state index in [0.717, 1.165) is 38.6 Å². The van der Waals surface area contributed by atoms with Gasteiger partial charge in [-0.2, -0.15) is 0 Å². The van der Waals surface area contributed by atoms with Crippen LogP contribution in [0.4, 0.5) is 0 Å². The lowest BCUT2D eigenvalue weighted by Crippen LogP contribution is -2.56. The molecule has 2 aliphatic carbocycles. The largest absolute Gasteiger partial charge is 0.336 e. The Bertz CT molecular complexity index is 636. The van der Waals surface area contributed by atoms with Gasteiger partial charge in [0.05, 0.1) is 6.54 Å². The molecule has 4 heteroatoms. The number of hydrogen-bond donors (Lipinski definition) is 0. The molecule has 2 fully saturated rings. The molecule has 128 valence electrons. The van der Waals surface area contributed by atoms with Crippen molar-refractivity contribution in [3.8, 4) is 0 Å². The summed E-state index contributed by atoms with van der Waals surface area (Å²) in [6, 6.07) is 8.85. The number of fused-ring (bicyclic) bond motifs is 1. The van der Waals surface area contributed by atoms with Crippen molar-refractivity contribution in [3.05, 3.63) is 35.4 Å². The van der Waals surface area contributed by atoms with Crippen molar-refractivity contribution >= 4 is 11.8 Å². The fourth-order valence-corrected chi connectivity index (χ4v) is 4.64. The normalized spacial score (nSPS) is 25.0. The second-order valence-electron chi connectivity index (χ2n) is 7.49. The maximum atomic E-state index is 12.9. The van der Waals surface area contributed by atoms with Crippen molar-refractivity contribution in [3.63, 3.8) is 0 Å². The molecule has 4 rings (SSSR count). The van der Waals surface area contributed by atoms with Crippen LogP contribution >= 0.6 is 0 Å². The standard InChI is InChI=1S/C20H26N2O2/c23-19-14-21(11-12-22(19)18-7-3-4-8-18)20(24)17-10-9-15-5-1-2-6-16(15)13-17/h1-2,5-6,17-18H,3-4,7-14H2/t17-/m1/s1. The van der Waals surface area contributed by atoms with Crippen LogP contribution in [0.5, 0.6) is 0 Å². The number of nitrogens with zero attached hydrogens (tertiary/aromatic N) is 2. The Hall–Kier alpha value is -1.84. The summed E-state index contributed by atoms with van der Waals surface area (Å²) in [5.41, 5.74) is 2.68. The third-order valence-corrected chi connectivity index (χ3v) is 6.03. The summed E-state index contributed by atoms with van der Waals surface area (Å²) >= 11 is 0. The molecule has 0 unspecified atom stereocenters. The molecule has 3 aliphatic rings. The van der Waals surface area contributed by atoms with Crippen molar-refractivity contribution in [1.29, 1.82) is 0 Å². The van der Waals surface area contributed by atoms with Gasteiger partial charge in [0.2, 0.25) is 11.8 Å². The predicted molar refractivity (Wildman–Crippen MR) is 92.5 cm³/mol. The van der Waals surface area contributed by atoms with Crippen LogP contribution in [0.15, 0.2) is 24.3 Å². The van der Waals surface area contributed by atoms with E-state index in [1.54, 1.807) is 0 Å². The fourth-order valence-electron chi connectivity index (χ4n) is 4.64. The summed E-state index contributed by atoms with van der Waals surface area (Å²) < 4.78 is 0. The van der Waals surface area contributed by atoms with Crippen molar-refractivity contribution in [2.24, 2.45) is 5.92 Å². The minimum absolute atomic E-state index is 0.0470. The SMILES string of the molecule is O=C([C@@H]1CCc2ccccc2C1)N1CCN(C2CCCC2)C(=O)C1. The van der Waals surface area contributed by atoms with E-state index >= 15 is 0 Å². The Morgan fingerprint density at radius 3 is 2.50 bits per heavy atom. The molecule has 24 heavy (non-hydrogen) atoms. The lowest BCUT2D eigenvalue weighted by molar-refractivity contribution is -0.149. The summed E-state index contributed by atoms with van der Waals surface area (Å²) in [7, 11) is 0. The lowest BCUT2D eigenvalue weighted by atomic mass is 9.83. The van der Waals surface area contributed by atoms with E-state index in [2.05, 4.69) is 24.3 Å². The predicted octanol–water partition coefficient (Wildman–Crippen LogP) is 2.40. The number of carbonyl (C=O) groups is 2. The molecule has 1 saturated heterocycles. The van der Waals surface area contributed by atoms with Gasteiger partial charge >= 0.3 is 0 Å². The first-order valence-electron chi connectivity index (χ1n) is 9.37. The smallest absolute Gasteiger partial charge is 0.242 e. The Morgan fingerprint density at radius 2 is 1.75 bits per heavy atom. The minimum Gasteiger partial charge on any atom is -0.336 e. The van der Waals surface area contributed by atoms with Gasteiger partial charge < -0.3 is 9.80 Å². The second-order valence-corrected chi connectivity index (χ2v) is 7.49. The van der Waals surface area contributed by atoms with Gasteiger partial charge in [-0.15, -0.1) is 0 Å². The summed E-state index contributed by atoms with van der Waals surface area (Å²) in [4.78, 5) is 29.2. The molecule has 0 radical (unpaired) electrons. The van der Waals surface area contributed by atoms with Gasteiger partial charge in [-0.1, -0.05) is 37.1 Å². The molecule has 1 atom stereocenters. The van der Waals surface area contributed by atoms with Crippen LogP contribution < -0.4 is 0 Å². The third kappa shape index (κ3) is 2.94. The Morgan fingerprint density at radius 1 is 1.00 bits per heavy atom. The van der Waals surface area contributed by atoms with Gasteiger partial charge in [-0.05, 0) is 43.2 Å². The van der Waals surface area contributed by atoms with Gasteiger partial charge in [-0.25, -0.2) is 0 Å². The fraction of sp³-hybridized carbons (Fsp3) is 0.600. The number of aryl methyl sites for hydroxylation is 1. The van der Waals surface area contributed by atoms with Gasteiger partial charge in [0.1, 0.15) is 0 Å². The monoisotopic (exact) mass is 326 g/mol. The van der Waals surface area contributed by atoms with Gasteiger partial charge in [-0.3, -0.25) is 9.59 Å². The van der Waals surface area contributed by atoms with Crippen LogP contribution in [-0.2, 0) is 22.4 Å².